The van der Waals surface area contributed by atoms with Crippen LogP contribution in [-0.2, 0) is 0 Å². The van der Waals surface area contributed by atoms with Crippen molar-refractivity contribution in [1.29, 1.82) is 0 Å². The number of alkyl halides is 3. The fourth-order valence-corrected chi connectivity index (χ4v) is 3.49. The van der Waals surface area contributed by atoms with Gasteiger partial charge in [0.15, 0.2) is 0 Å². The van der Waals surface area contributed by atoms with Crippen LogP contribution in [0.25, 0.3) is 10.2 Å². The summed E-state index contributed by atoms with van der Waals surface area (Å²) < 4.78 is 40.9. The zero-order chi connectivity index (χ0) is 15.7. The van der Waals surface area contributed by atoms with Gasteiger partial charge in [-0.25, -0.2) is 9.97 Å². The van der Waals surface area contributed by atoms with Crippen LogP contribution in [-0.4, -0.2) is 16.1 Å². The van der Waals surface area contributed by atoms with Crippen molar-refractivity contribution in [2.75, 3.05) is 5.32 Å². The molecule has 0 aliphatic carbocycles. The molecule has 0 amide bonds. The molecule has 114 valence electrons. The van der Waals surface area contributed by atoms with Crippen LogP contribution in [0.3, 0.4) is 0 Å². The van der Waals surface area contributed by atoms with Gasteiger partial charge in [-0.1, -0.05) is 30.3 Å². The van der Waals surface area contributed by atoms with E-state index in [9.17, 15) is 13.2 Å². The summed E-state index contributed by atoms with van der Waals surface area (Å²) in [4.78, 5) is 8.65. The minimum absolute atomic E-state index is 0.135. The van der Waals surface area contributed by atoms with Crippen molar-refractivity contribution < 1.29 is 13.2 Å². The largest absolute Gasteiger partial charge is 0.412 e. The Balaban J connectivity index is 2.03. The third kappa shape index (κ3) is 3.07. The maximum atomic E-state index is 13.4. The molecule has 3 nitrogen and oxygen atoms in total. The minimum Gasteiger partial charge on any atom is -0.354 e. The monoisotopic (exact) mass is 387 g/mol. The number of anilines is 1. The van der Waals surface area contributed by atoms with E-state index >= 15 is 0 Å². The van der Waals surface area contributed by atoms with Gasteiger partial charge in [0.05, 0.1) is 9.17 Å². The lowest BCUT2D eigenvalue weighted by molar-refractivity contribution is -0.144. The van der Waals surface area contributed by atoms with Gasteiger partial charge < -0.3 is 5.32 Å². The number of hydrogen-bond donors (Lipinski definition) is 1. The fourth-order valence-electron chi connectivity index (χ4n) is 2.08. The van der Waals surface area contributed by atoms with Gasteiger partial charge in [0.2, 0.25) is 0 Å². The predicted octanol–water partition coefficient (Wildman–Crippen LogP) is 5.17. The zero-order valence-corrected chi connectivity index (χ0v) is 13.3. The first-order valence-corrected chi connectivity index (χ1v) is 7.84. The van der Waals surface area contributed by atoms with Gasteiger partial charge >= 0.3 is 6.18 Å². The summed E-state index contributed by atoms with van der Waals surface area (Å²) in [5, 5.41) is 3.06. The molecule has 3 aromatic rings. The van der Waals surface area contributed by atoms with Crippen molar-refractivity contribution in [3.05, 3.63) is 52.1 Å². The van der Waals surface area contributed by atoms with E-state index in [1.807, 2.05) is 0 Å². The molecule has 22 heavy (non-hydrogen) atoms. The maximum Gasteiger partial charge on any atom is 0.412 e. The Morgan fingerprint density at radius 1 is 1.14 bits per heavy atom. The molecule has 1 N–H and O–H groups in total. The number of fused-ring (bicyclic) bond motifs is 1. The second kappa shape index (κ2) is 5.85. The highest BCUT2D eigenvalue weighted by atomic mass is 79.9. The number of nitrogens with zero attached hydrogens (tertiary/aromatic N) is 2. The van der Waals surface area contributed by atoms with E-state index in [1.165, 1.54) is 29.8 Å². The highest BCUT2D eigenvalue weighted by molar-refractivity contribution is 9.11. The summed E-state index contributed by atoms with van der Waals surface area (Å²) in [5.74, 6) is 0.165. The normalized spacial score (nSPS) is 13.3. The summed E-state index contributed by atoms with van der Waals surface area (Å²) in [5.41, 5.74) is 0.135. The molecule has 0 radical (unpaired) electrons. The summed E-state index contributed by atoms with van der Waals surface area (Å²) in [6, 6.07) is 7.58. The first-order valence-electron chi connectivity index (χ1n) is 6.23. The van der Waals surface area contributed by atoms with E-state index in [4.69, 9.17) is 0 Å². The maximum absolute atomic E-state index is 13.4. The fraction of sp³-hybridized carbons (Fsp3) is 0.143. The molecular formula is C14H9BrF3N3S. The molecule has 0 bridgehead atoms. The quantitative estimate of drug-likeness (QED) is 0.673. The Bertz CT molecular complexity index is 789. The van der Waals surface area contributed by atoms with Crippen LogP contribution in [0.2, 0.25) is 0 Å². The standard InChI is InChI=1S/C14H9BrF3N3S/c15-10-6-9-12(19-7-20-13(9)22-10)21-11(14(16,17)18)8-4-2-1-3-5-8/h1-7,11H,(H,19,20,21). The van der Waals surface area contributed by atoms with Crippen LogP contribution in [0.1, 0.15) is 11.6 Å². The highest BCUT2D eigenvalue weighted by Crippen LogP contribution is 2.38. The molecule has 0 saturated heterocycles. The van der Waals surface area contributed by atoms with Crippen molar-refractivity contribution >= 4 is 43.3 Å². The smallest absolute Gasteiger partial charge is 0.354 e. The molecule has 1 aromatic carbocycles. The summed E-state index contributed by atoms with van der Waals surface area (Å²) in [6.45, 7) is 0. The number of benzene rings is 1. The van der Waals surface area contributed by atoms with E-state index in [-0.39, 0.29) is 11.4 Å². The van der Waals surface area contributed by atoms with Crippen LogP contribution < -0.4 is 5.32 Å². The Morgan fingerprint density at radius 2 is 1.86 bits per heavy atom. The summed E-state index contributed by atoms with van der Waals surface area (Å²) in [6.07, 6.45) is -3.18. The highest BCUT2D eigenvalue weighted by Gasteiger charge is 2.41. The van der Waals surface area contributed by atoms with Crippen molar-refractivity contribution in [3.8, 4) is 0 Å². The van der Waals surface area contributed by atoms with Crippen LogP contribution in [0.4, 0.5) is 19.0 Å². The molecule has 0 fully saturated rings. The number of thiophene rings is 1. The van der Waals surface area contributed by atoms with E-state index < -0.39 is 12.2 Å². The Labute approximate surface area is 136 Å². The second-order valence-corrected chi connectivity index (χ2v) is 6.93. The van der Waals surface area contributed by atoms with Crippen molar-refractivity contribution in [2.45, 2.75) is 12.2 Å². The van der Waals surface area contributed by atoms with E-state index in [0.717, 1.165) is 3.79 Å². The summed E-state index contributed by atoms with van der Waals surface area (Å²) in [7, 11) is 0. The Kier molecular flexibility index (Phi) is 4.05. The van der Waals surface area contributed by atoms with Crippen molar-refractivity contribution in [2.24, 2.45) is 0 Å². The van der Waals surface area contributed by atoms with Gasteiger partial charge in [-0.3, -0.25) is 0 Å². The van der Waals surface area contributed by atoms with E-state index in [0.29, 0.717) is 10.2 Å². The number of nitrogens with one attached hydrogen (secondary N) is 1. The lowest BCUT2D eigenvalue weighted by Gasteiger charge is -2.22. The first-order chi connectivity index (χ1) is 10.4. The average Bonchev–Trinajstić information content (AvgIpc) is 2.85. The second-order valence-electron chi connectivity index (χ2n) is 4.52. The minimum atomic E-state index is -4.44. The number of halogens is 4. The predicted molar refractivity (Wildman–Crippen MR) is 84.0 cm³/mol. The molecule has 0 saturated carbocycles. The molecule has 0 aliphatic heterocycles. The molecule has 1 unspecified atom stereocenters. The van der Waals surface area contributed by atoms with Crippen molar-refractivity contribution in [3.63, 3.8) is 0 Å². The number of hydrogen-bond acceptors (Lipinski definition) is 4. The van der Waals surface area contributed by atoms with Crippen LogP contribution >= 0.6 is 27.3 Å². The van der Waals surface area contributed by atoms with Crippen LogP contribution in [0, 0.1) is 0 Å². The van der Waals surface area contributed by atoms with E-state index in [1.54, 1.807) is 24.3 Å². The Hall–Kier alpha value is -1.67. The first kappa shape index (κ1) is 15.2. The lowest BCUT2D eigenvalue weighted by atomic mass is 10.1. The van der Waals surface area contributed by atoms with Gasteiger partial charge in [0.25, 0.3) is 0 Å². The molecule has 3 rings (SSSR count). The zero-order valence-electron chi connectivity index (χ0n) is 10.9. The molecule has 2 aromatic heterocycles. The van der Waals surface area contributed by atoms with Crippen LogP contribution in [0.5, 0.6) is 0 Å². The van der Waals surface area contributed by atoms with Gasteiger partial charge in [0, 0.05) is 0 Å². The number of aromatic nitrogens is 2. The average molecular weight is 388 g/mol. The van der Waals surface area contributed by atoms with Gasteiger partial charge in [-0.05, 0) is 27.6 Å². The van der Waals surface area contributed by atoms with Gasteiger partial charge in [0.1, 0.15) is 23.0 Å². The number of rotatable bonds is 3. The molecule has 1 atom stereocenters. The Morgan fingerprint density at radius 3 is 2.55 bits per heavy atom. The molecule has 0 aliphatic rings. The molecule has 0 spiro atoms. The SMILES string of the molecule is FC(F)(F)C(Nc1ncnc2sc(Br)cc12)c1ccccc1. The van der Waals surface area contributed by atoms with E-state index in [2.05, 4.69) is 31.2 Å². The molecule has 8 heteroatoms. The molecule has 2 heterocycles. The van der Waals surface area contributed by atoms with Gasteiger partial charge in [-0.15, -0.1) is 11.3 Å². The van der Waals surface area contributed by atoms with Crippen LogP contribution in [0.15, 0.2) is 46.5 Å². The van der Waals surface area contributed by atoms with Crippen molar-refractivity contribution in [1.82, 2.24) is 9.97 Å². The third-order valence-electron chi connectivity index (χ3n) is 3.04. The summed E-state index contributed by atoms with van der Waals surface area (Å²) >= 11 is 4.65. The molecular weight excluding hydrogens is 379 g/mol. The lowest BCUT2D eigenvalue weighted by Crippen LogP contribution is -2.28. The topological polar surface area (TPSA) is 37.8 Å². The van der Waals surface area contributed by atoms with Gasteiger partial charge in [-0.2, -0.15) is 13.2 Å². The third-order valence-corrected chi connectivity index (χ3v) is 4.59.